The molecule has 3 rings (SSSR count). The number of hydrogen-bond donors (Lipinski definition) is 0. The van der Waals surface area contributed by atoms with E-state index in [4.69, 9.17) is 0 Å². The van der Waals surface area contributed by atoms with Gasteiger partial charge in [-0.1, -0.05) is 91.9 Å². The fraction of sp³-hybridized carbons (Fsp3) is 1.00. The van der Waals surface area contributed by atoms with Gasteiger partial charge in [-0.25, -0.2) is 0 Å². The van der Waals surface area contributed by atoms with Gasteiger partial charge >= 0.3 is 0 Å². The predicted octanol–water partition coefficient (Wildman–Crippen LogP) is 9.53. The van der Waals surface area contributed by atoms with Crippen molar-refractivity contribution in [1.82, 2.24) is 0 Å². The van der Waals surface area contributed by atoms with Crippen LogP contribution >= 0.6 is 15.8 Å². The minimum atomic E-state index is 0.344. The zero-order valence-corrected chi connectivity index (χ0v) is 21.0. The van der Waals surface area contributed by atoms with Gasteiger partial charge in [0.2, 0.25) is 0 Å². The van der Waals surface area contributed by atoms with E-state index in [1.807, 2.05) is 0 Å². The van der Waals surface area contributed by atoms with Crippen molar-refractivity contribution in [3.05, 3.63) is 0 Å². The normalized spacial score (nSPS) is 24.6. The Hall–Kier alpha value is 0.860. The highest BCUT2D eigenvalue weighted by atomic mass is 31.1. The molecule has 0 spiro atoms. The third-order valence-corrected chi connectivity index (χ3v) is 15.4. The van der Waals surface area contributed by atoms with Crippen LogP contribution in [0, 0.1) is 0 Å². The van der Waals surface area contributed by atoms with Gasteiger partial charge in [0.15, 0.2) is 0 Å². The standard InChI is InChI=1S/C26H50P2/c1-2-3-4-14-21-27(24-15-8-5-9-16-24)22-23-28(25-17-10-6-11-18-25)26-19-12-7-13-20-26/h24-26H,2-23H2,1H3. The van der Waals surface area contributed by atoms with Crippen LogP contribution in [0.15, 0.2) is 0 Å². The highest BCUT2D eigenvalue weighted by Crippen LogP contribution is 2.58. The van der Waals surface area contributed by atoms with Gasteiger partial charge in [-0.15, -0.1) is 7.92 Å². The van der Waals surface area contributed by atoms with Crippen molar-refractivity contribution >= 4 is 15.8 Å². The van der Waals surface area contributed by atoms with Crippen LogP contribution in [0.3, 0.4) is 0 Å². The first-order valence-electron chi connectivity index (χ1n) is 13.4. The molecule has 0 saturated heterocycles. The number of hydrogen-bond acceptors (Lipinski definition) is 0. The molecule has 28 heavy (non-hydrogen) atoms. The zero-order valence-electron chi connectivity index (χ0n) is 19.2. The van der Waals surface area contributed by atoms with E-state index in [-0.39, 0.29) is 0 Å². The Morgan fingerprint density at radius 1 is 0.500 bits per heavy atom. The highest BCUT2D eigenvalue weighted by Gasteiger charge is 2.32. The van der Waals surface area contributed by atoms with Crippen molar-refractivity contribution in [3.8, 4) is 0 Å². The van der Waals surface area contributed by atoms with Crippen LogP contribution in [0.25, 0.3) is 0 Å². The lowest BCUT2D eigenvalue weighted by Gasteiger charge is -2.40. The molecule has 0 aromatic rings. The van der Waals surface area contributed by atoms with Gasteiger partial charge in [0, 0.05) is 0 Å². The monoisotopic (exact) mass is 424 g/mol. The molecule has 1 atom stereocenters. The van der Waals surface area contributed by atoms with Gasteiger partial charge in [0.05, 0.1) is 0 Å². The smallest absolute Gasteiger partial charge is 0.0207 e. The molecule has 0 aromatic heterocycles. The summed E-state index contributed by atoms with van der Waals surface area (Å²) >= 11 is 0. The lowest BCUT2D eigenvalue weighted by molar-refractivity contribution is 0.484. The van der Waals surface area contributed by atoms with Gasteiger partial charge in [-0.05, 0) is 80.4 Å². The van der Waals surface area contributed by atoms with Crippen LogP contribution in [0.5, 0.6) is 0 Å². The van der Waals surface area contributed by atoms with Gasteiger partial charge in [0.25, 0.3) is 0 Å². The van der Waals surface area contributed by atoms with Crippen LogP contribution in [-0.4, -0.2) is 35.5 Å². The third kappa shape index (κ3) is 7.84. The van der Waals surface area contributed by atoms with E-state index in [1.54, 1.807) is 102 Å². The lowest BCUT2D eigenvalue weighted by Crippen LogP contribution is -2.23. The maximum Gasteiger partial charge on any atom is -0.0207 e. The molecular formula is C26H50P2. The van der Waals surface area contributed by atoms with E-state index in [9.17, 15) is 0 Å². The summed E-state index contributed by atoms with van der Waals surface area (Å²) in [6, 6.07) is 0. The van der Waals surface area contributed by atoms with Crippen molar-refractivity contribution in [1.29, 1.82) is 0 Å². The molecule has 2 heteroatoms. The minimum Gasteiger partial charge on any atom is -0.103 e. The highest BCUT2D eigenvalue weighted by molar-refractivity contribution is 7.62. The largest absolute Gasteiger partial charge is 0.103 e. The third-order valence-electron chi connectivity index (χ3n) is 8.12. The van der Waals surface area contributed by atoms with Crippen LogP contribution < -0.4 is 0 Å². The average molecular weight is 425 g/mol. The second-order valence-electron chi connectivity index (χ2n) is 10.2. The molecule has 0 aromatic carbocycles. The molecule has 164 valence electrons. The fourth-order valence-electron chi connectivity index (χ4n) is 6.40. The van der Waals surface area contributed by atoms with E-state index in [0.717, 1.165) is 0 Å². The fourth-order valence-corrected chi connectivity index (χ4v) is 14.4. The van der Waals surface area contributed by atoms with Crippen molar-refractivity contribution in [2.24, 2.45) is 0 Å². The lowest BCUT2D eigenvalue weighted by atomic mass is 9.99. The van der Waals surface area contributed by atoms with Crippen LogP contribution in [0.1, 0.15) is 129 Å². The van der Waals surface area contributed by atoms with Crippen LogP contribution in [0.2, 0.25) is 0 Å². The minimum absolute atomic E-state index is 0.344. The second kappa shape index (κ2) is 14.0. The quantitative estimate of drug-likeness (QED) is 0.229. The molecule has 0 heterocycles. The van der Waals surface area contributed by atoms with Crippen LogP contribution in [0.4, 0.5) is 0 Å². The molecule has 0 bridgehead atoms. The van der Waals surface area contributed by atoms with E-state index in [1.165, 1.54) is 55.5 Å². The van der Waals surface area contributed by atoms with Gasteiger partial charge < -0.3 is 0 Å². The predicted molar refractivity (Wildman–Crippen MR) is 133 cm³/mol. The SMILES string of the molecule is CCCCCCP(CCP(C1CCCCC1)C1CCCCC1)C1CCCCC1. The Balaban J connectivity index is 1.57. The summed E-state index contributed by atoms with van der Waals surface area (Å²) in [7, 11) is 0.690. The molecule has 3 aliphatic carbocycles. The van der Waals surface area contributed by atoms with Crippen molar-refractivity contribution in [2.75, 3.05) is 18.5 Å². The maximum atomic E-state index is 2.37. The number of unbranched alkanes of at least 4 members (excludes halogenated alkanes) is 3. The van der Waals surface area contributed by atoms with Crippen LogP contribution in [-0.2, 0) is 0 Å². The summed E-state index contributed by atoms with van der Waals surface area (Å²) in [6.07, 6.45) is 34.6. The Kier molecular flexibility index (Phi) is 11.8. The molecule has 3 saturated carbocycles. The molecule has 1 unspecified atom stereocenters. The first-order chi connectivity index (χ1) is 13.9. The molecule has 0 amide bonds. The molecule has 3 fully saturated rings. The summed E-state index contributed by atoms with van der Waals surface area (Å²) in [5.41, 5.74) is 3.52. The van der Waals surface area contributed by atoms with E-state index in [2.05, 4.69) is 6.92 Å². The molecule has 0 nitrogen and oxygen atoms in total. The Bertz CT molecular complexity index is 360. The summed E-state index contributed by atoms with van der Waals surface area (Å²) < 4.78 is 0. The number of rotatable bonds is 11. The zero-order chi connectivity index (χ0) is 19.4. The Morgan fingerprint density at radius 2 is 1.00 bits per heavy atom. The molecular weight excluding hydrogens is 374 g/mol. The van der Waals surface area contributed by atoms with Gasteiger partial charge in [0.1, 0.15) is 0 Å². The summed E-state index contributed by atoms with van der Waals surface area (Å²) in [5.74, 6) is 0. The van der Waals surface area contributed by atoms with Gasteiger partial charge in [-0.2, -0.15) is 0 Å². The molecule has 0 N–H and O–H groups in total. The first-order valence-corrected chi connectivity index (χ1v) is 16.8. The van der Waals surface area contributed by atoms with Crippen molar-refractivity contribution < 1.29 is 0 Å². The van der Waals surface area contributed by atoms with Crippen molar-refractivity contribution in [3.63, 3.8) is 0 Å². The Morgan fingerprint density at radius 3 is 1.50 bits per heavy atom. The summed E-state index contributed by atoms with van der Waals surface area (Å²) in [6.45, 7) is 2.37. The average Bonchev–Trinajstić information content (AvgIpc) is 2.77. The molecule has 0 aliphatic heterocycles. The van der Waals surface area contributed by atoms with Crippen molar-refractivity contribution in [2.45, 2.75) is 146 Å². The topological polar surface area (TPSA) is 0 Å². The maximum absolute atomic E-state index is 2.37. The second-order valence-corrected chi connectivity index (χ2v) is 15.9. The summed E-state index contributed by atoms with van der Waals surface area (Å²) in [4.78, 5) is 0. The van der Waals surface area contributed by atoms with E-state index < -0.39 is 0 Å². The van der Waals surface area contributed by atoms with E-state index in [0.29, 0.717) is 15.8 Å². The molecule has 3 aliphatic rings. The summed E-state index contributed by atoms with van der Waals surface area (Å²) in [5, 5.41) is 0. The molecule has 0 radical (unpaired) electrons. The first kappa shape index (κ1) is 23.5. The Labute approximate surface area is 180 Å². The van der Waals surface area contributed by atoms with Gasteiger partial charge in [-0.3, -0.25) is 0 Å². The van der Waals surface area contributed by atoms with E-state index >= 15 is 0 Å².